The number of rotatable bonds is 3. The van der Waals surface area contributed by atoms with Gasteiger partial charge in [0.25, 0.3) is 0 Å². The highest BCUT2D eigenvalue weighted by atomic mass is 16.6. The Labute approximate surface area is 82.3 Å². The molecular weight excluding hydrogens is 190 g/mol. The lowest BCUT2D eigenvalue weighted by atomic mass is 10.1. The largest absolute Gasteiger partial charge is 0.394 e. The number of hydrogen-bond donors (Lipinski definition) is 4. The molecule has 0 bridgehead atoms. The van der Waals surface area contributed by atoms with Crippen LogP contribution in [0.2, 0.25) is 0 Å². The van der Waals surface area contributed by atoms with Crippen molar-refractivity contribution in [2.75, 3.05) is 20.7 Å². The Morgan fingerprint density at radius 3 is 2.21 bits per heavy atom. The smallest absolute Gasteiger partial charge is 0.136 e. The number of nitrogens with zero attached hydrogens (tertiary/aromatic N) is 1. The van der Waals surface area contributed by atoms with E-state index in [2.05, 4.69) is 0 Å². The standard InChI is InChI=1S/C8H17NO5/c1-9(2)8(13)7-6(12)5(11)4(3-10)14-7/h4-8,10-13H,3H2,1-2H3/t4-,5-,6+,7-,8?/m1/s1. The van der Waals surface area contributed by atoms with Gasteiger partial charge in [-0.2, -0.15) is 0 Å². The molecule has 14 heavy (non-hydrogen) atoms. The molecule has 6 nitrogen and oxygen atoms in total. The first-order chi connectivity index (χ1) is 6.49. The molecule has 0 spiro atoms. The summed E-state index contributed by atoms with van der Waals surface area (Å²) in [5.74, 6) is 0. The lowest BCUT2D eigenvalue weighted by molar-refractivity contribution is -0.120. The predicted octanol–water partition coefficient (Wildman–Crippen LogP) is -2.65. The van der Waals surface area contributed by atoms with E-state index in [4.69, 9.17) is 9.84 Å². The van der Waals surface area contributed by atoms with Gasteiger partial charge in [-0.3, -0.25) is 4.90 Å². The van der Waals surface area contributed by atoms with Crippen molar-refractivity contribution < 1.29 is 25.2 Å². The summed E-state index contributed by atoms with van der Waals surface area (Å²) in [5, 5.41) is 37.3. The first kappa shape index (κ1) is 11.8. The summed E-state index contributed by atoms with van der Waals surface area (Å²) in [6.07, 6.45) is -5.05. The first-order valence-electron chi connectivity index (χ1n) is 4.46. The minimum Gasteiger partial charge on any atom is -0.394 e. The van der Waals surface area contributed by atoms with E-state index in [1.807, 2.05) is 0 Å². The van der Waals surface area contributed by atoms with Crippen LogP contribution in [0.1, 0.15) is 0 Å². The highest BCUT2D eigenvalue weighted by Crippen LogP contribution is 2.23. The van der Waals surface area contributed by atoms with Crippen LogP contribution in [0.5, 0.6) is 0 Å². The molecule has 1 rings (SSSR count). The highest BCUT2D eigenvalue weighted by Gasteiger charge is 2.46. The van der Waals surface area contributed by atoms with Crippen LogP contribution in [0.15, 0.2) is 0 Å². The lowest BCUT2D eigenvalue weighted by Gasteiger charge is -2.26. The topological polar surface area (TPSA) is 93.4 Å². The fourth-order valence-corrected chi connectivity index (χ4v) is 1.47. The minimum atomic E-state index is -1.18. The number of likely N-dealkylation sites (N-methyl/N-ethyl adjacent to an activating group) is 1. The van der Waals surface area contributed by atoms with Crippen molar-refractivity contribution >= 4 is 0 Å². The van der Waals surface area contributed by atoms with Gasteiger partial charge in [0.15, 0.2) is 0 Å². The summed E-state index contributed by atoms with van der Waals surface area (Å²) in [6, 6.07) is 0. The average Bonchev–Trinajstić information content (AvgIpc) is 2.43. The first-order valence-corrected chi connectivity index (χ1v) is 4.46. The van der Waals surface area contributed by atoms with Crippen molar-refractivity contribution in [1.29, 1.82) is 0 Å². The van der Waals surface area contributed by atoms with Crippen LogP contribution in [0, 0.1) is 0 Å². The van der Waals surface area contributed by atoms with Gasteiger partial charge in [-0.05, 0) is 14.1 Å². The molecule has 0 aromatic rings. The fraction of sp³-hybridized carbons (Fsp3) is 1.00. The second kappa shape index (κ2) is 4.52. The van der Waals surface area contributed by atoms with Crippen molar-refractivity contribution in [3.05, 3.63) is 0 Å². The molecule has 0 saturated carbocycles. The molecule has 1 heterocycles. The summed E-state index contributed by atoms with van der Waals surface area (Å²) in [6.45, 7) is -0.380. The van der Waals surface area contributed by atoms with E-state index in [1.54, 1.807) is 14.1 Å². The molecule has 0 aliphatic carbocycles. The second-order valence-electron chi connectivity index (χ2n) is 3.68. The summed E-state index contributed by atoms with van der Waals surface area (Å²) < 4.78 is 5.12. The Bertz CT molecular complexity index is 189. The van der Waals surface area contributed by atoms with E-state index >= 15 is 0 Å². The molecule has 1 fully saturated rings. The Kier molecular flexibility index (Phi) is 3.82. The van der Waals surface area contributed by atoms with Gasteiger partial charge < -0.3 is 25.2 Å². The summed E-state index contributed by atoms with van der Waals surface area (Å²) in [4.78, 5) is 1.46. The van der Waals surface area contributed by atoms with Crippen LogP contribution in [0.25, 0.3) is 0 Å². The van der Waals surface area contributed by atoms with Crippen LogP contribution in [0.3, 0.4) is 0 Å². The number of aliphatic hydroxyl groups is 4. The van der Waals surface area contributed by atoms with Gasteiger partial charge in [0.2, 0.25) is 0 Å². The zero-order valence-corrected chi connectivity index (χ0v) is 8.24. The Hall–Kier alpha value is -0.240. The van der Waals surface area contributed by atoms with E-state index in [0.717, 1.165) is 0 Å². The van der Waals surface area contributed by atoms with E-state index in [9.17, 15) is 15.3 Å². The van der Waals surface area contributed by atoms with E-state index < -0.39 is 30.6 Å². The quantitative estimate of drug-likeness (QED) is 0.378. The molecule has 0 amide bonds. The average molecular weight is 207 g/mol. The summed E-state index contributed by atoms with van der Waals surface area (Å²) in [7, 11) is 3.25. The third-order valence-corrected chi connectivity index (χ3v) is 2.40. The maximum absolute atomic E-state index is 9.58. The maximum atomic E-state index is 9.58. The minimum absolute atomic E-state index is 0.380. The Balaban J connectivity index is 2.64. The molecule has 6 heteroatoms. The SMILES string of the molecule is CN(C)C(O)[C@@H]1O[C@H](CO)[C@@H](O)[C@@H]1O. The van der Waals surface area contributed by atoms with Gasteiger partial charge in [-0.15, -0.1) is 0 Å². The fourth-order valence-electron chi connectivity index (χ4n) is 1.47. The van der Waals surface area contributed by atoms with E-state index in [-0.39, 0.29) is 6.61 Å². The monoisotopic (exact) mass is 207 g/mol. The van der Waals surface area contributed by atoms with Crippen molar-refractivity contribution in [1.82, 2.24) is 4.90 Å². The normalized spacial score (nSPS) is 40.5. The van der Waals surface area contributed by atoms with Gasteiger partial charge >= 0.3 is 0 Å². The Morgan fingerprint density at radius 2 is 1.86 bits per heavy atom. The van der Waals surface area contributed by atoms with Crippen molar-refractivity contribution in [3.63, 3.8) is 0 Å². The van der Waals surface area contributed by atoms with Gasteiger partial charge in [-0.25, -0.2) is 0 Å². The third kappa shape index (κ3) is 2.05. The predicted molar refractivity (Wildman–Crippen MR) is 47.5 cm³/mol. The van der Waals surface area contributed by atoms with Crippen LogP contribution >= 0.6 is 0 Å². The van der Waals surface area contributed by atoms with Gasteiger partial charge in [-0.1, -0.05) is 0 Å². The van der Waals surface area contributed by atoms with Crippen LogP contribution in [-0.4, -0.2) is 76.7 Å². The van der Waals surface area contributed by atoms with Gasteiger partial charge in [0, 0.05) is 0 Å². The molecule has 1 aliphatic rings. The van der Waals surface area contributed by atoms with Gasteiger partial charge in [0.1, 0.15) is 30.6 Å². The van der Waals surface area contributed by atoms with E-state index in [1.165, 1.54) is 4.90 Å². The zero-order valence-electron chi connectivity index (χ0n) is 8.24. The number of aliphatic hydroxyl groups excluding tert-OH is 4. The van der Waals surface area contributed by atoms with Gasteiger partial charge in [0.05, 0.1) is 6.61 Å². The molecule has 1 saturated heterocycles. The number of ether oxygens (including phenoxy) is 1. The molecule has 84 valence electrons. The summed E-state index contributed by atoms with van der Waals surface area (Å²) >= 11 is 0. The second-order valence-corrected chi connectivity index (χ2v) is 3.68. The molecule has 5 atom stereocenters. The van der Waals surface area contributed by atoms with Crippen molar-refractivity contribution in [3.8, 4) is 0 Å². The molecule has 0 aromatic carbocycles. The molecule has 0 radical (unpaired) electrons. The van der Waals surface area contributed by atoms with E-state index in [0.29, 0.717) is 0 Å². The number of hydrogen-bond acceptors (Lipinski definition) is 6. The molecule has 1 aliphatic heterocycles. The van der Waals surface area contributed by atoms with Crippen LogP contribution in [0.4, 0.5) is 0 Å². The van der Waals surface area contributed by atoms with Crippen molar-refractivity contribution in [2.24, 2.45) is 0 Å². The molecule has 4 N–H and O–H groups in total. The maximum Gasteiger partial charge on any atom is 0.136 e. The molecule has 1 unspecified atom stereocenters. The molecule has 0 aromatic heterocycles. The van der Waals surface area contributed by atoms with Crippen molar-refractivity contribution in [2.45, 2.75) is 30.6 Å². The van der Waals surface area contributed by atoms with Crippen LogP contribution < -0.4 is 0 Å². The van der Waals surface area contributed by atoms with Crippen LogP contribution in [-0.2, 0) is 4.74 Å². The lowest BCUT2D eigenvalue weighted by Crippen LogP contribution is -2.45. The molecular formula is C8H17NO5. The highest BCUT2D eigenvalue weighted by molar-refractivity contribution is 4.92. The summed E-state index contributed by atoms with van der Waals surface area (Å²) in [5.41, 5.74) is 0. The third-order valence-electron chi connectivity index (χ3n) is 2.40. The Morgan fingerprint density at radius 1 is 1.29 bits per heavy atom. The zero-order chi connectivity index (χ0) is 10.9.